The molecule has 0 spiro atoms. The maximum Gasteiger partial charge on any atom is 0.274 e. The largest absolute Gasteiger partial charge is 0.464 e. The molecule has 0 saturated carbocycles. The van der Waals surface area contributed by atoms with E-state index in [1.165, 1.54) is 23.5 Å². The van der Waals surface area contributed by atoms with E-state index in [2.05, 4.69) is 15.2 Å². The predicted molar refractivity (Wildman–Crippen MR) is 134 cm³/mol. The summed E-state index contributed by atoms with van der Waals surface area (Å²) in [6, 6.07) is 13.7. The highest BCUT2D eigenvalue weighted by atomic mass is 32.1. The van der Waals surface area contributed by atoms with E-state index in [4.69, 9.17) is 8.83 Å². The molecule has 7 nitrogen and oxygen atoms in total. The zero-order valence-corrected chi connectivity index (χ0v) is 20.4. The summed E-state index contributed by atoms with van der Waals surface area (Å²) >= 11 is 1.44. The van der Waals surface area contributed by atoms with E-state index in [1.54, 1.807) is 18.4 Å². The SMILES string of the molecule is Cc1nc(C(=O)N2CCCC[C@H]2Cc2nnc(-c3cccc4occc34)o2)c(-c2ccc(F)cc2)s1. The molecule has 36 heavy (non-hydrogen) atoms. The van der Waals surface area contributed by atoms with Crippen molar-refractivity contribution < 1.29 is 18.0 Å². The molecule has 1 aliphatic rings. The van der Waals surface area contributed by atoms with Crippen molar-refractivity contribution in [2.24, 2.45) is 0 Å². The van der Waals surface area contributed by atoms with Crippen LogP contribution in [0, 0.1) is 12.7 Å². The number of hydrogen-bond acceptors (Lipinski definition) is 7. The van der Waals surface area contributed by atoms with Crippen LogP contribution in [-0.2, 0) is 6.42 Å². The Bertz CT molecular complexity index is 1540. The van der Waals surface area contributed by atoms with E-state index in [0.717, 1.165) is 51.2 Å². The molecule has 0 radical (unpaired) electrons. The molecular formula is C27H23FN4O3S. The number of likely N-dealkylation sites (tertiary alicyclic amines) is 1. The topological polar surface area (TPSA) is 85.3 Å². The monoisotopic (exact) mass is 502 g/mol. The van der Waals surface area contributed by atoms with Crippen molar-refractivity contribution in [2.45, 2.75) is 38.6 Å². The second kappa shape index (κ2) is 9.31. The molecule has 5 aromatic rings. The molecule has 0 bridgehead atoms. The third-order valence-electron chi connectivity index (χ3n) is 6.53. The third-order valence-corrected chi connectivity index (χ3v) is 7.55. The lowest BCUT2D eigenvalue weighted by molar-refractivity contribution is 0.0601. The third kappa shape index (κ3) is 4.19. The van der Waals surface area contributed by atoms with Gasteiger partial charge in [-0.2, -0.15) is 0 Å². The molecule has 1 amide bonds. The van der Waals surface area contributed by atoms with Crippen molar-refractivity contribution in [2.75, 3.05) is 6.54 Å². The lowest BCUT2D eigenvalue weighted by atomic mass is 9.98. The number of rotatable bonds is 5. The van der Waals surface area contributed by atoms with E-state index in [-0.39, 0.29) is 17.8 Å². The fourth-order valence-electron chi connectivity index (χ4n) is 4.81. The van der Waals surface area contributed by atoms with Gasteiger partial charge in [0, 0.05) is 30.0 Å². The number of benzene rings is 2. The van der Waals surface area contributed by atoms with Gasteiger partial charge in [0.25, 0.3) is 5.91 Å². The highest BCUT2D eigenvalue weighted by Crippen LogP contribution is 2.33. The molecule has 182 valence electrons. The van der Waals surface area contributed by atoms with Gasteiger partial charge < -0.3 is 13.7 Å². The predicted octanol–water partition coefficient (Wildman–Crippen LogP) is 6.29. The maximum atomic E-state index is 13.7. The summed E-state index contributed by atoms with van der Waals surface area (Å²) < 4.78 is 25.0. The number of piperidine rings is 1. The van der Waals surface area contributed by atoms with Gasteiger partial charge in [0.15, 0.2) is 0 Å². The van der Waals surface area contributed by atoms with Gasteiger partial charge in [-0.15, -0.1) is 21.5 Å². The standard InChI is InChI=1S/C27H23FN4O3S/c1-16-29-24(25(36-16)17-8-10-18(28)11-9-17)27(33)32-13-3-2-5-19(32)15-23-30-31-26(35-23)21-6-4-7-22-20(21)12-14-34-22/h4,6-12,14,19H,2-3,5,13,15H2,1H3/t19-/m0/s1. The van der Waals surface area contributed by atoms with E-state index in [1.807, 2.05) is 36.1 Å². The number of halogens is 1. The summed E-state index contributed by atoms with van der Waals surface area (Å²) in [5.74, 6) is 0.487. The number of nitrogens with zero attached hydrogens (tertiary/aromatic N) is 4. The zero-order valence-electron chi connectivity index (χ0n) is 19.6. The molecule has 9 heteroatoms. The Morgan fingerprint density at radius 1 is 1.14 bits per heavy atom. The fourth-order valence-corrected chi connectivity index (χ4v) is 5.73. The van der Waals surface area contributed by atoms with Gasteiger partial charge in [-0.3, -0.25) is 4.79 Å². The summed E-state index contributed by atoms with van der Waals surface area (Å²) in [6.45, 7) is 2.51. The highest BCUT2D eigenvalue weighted by molar-refractivity contribution is 7.15. The number of amides is 1. The van der Waals surface area contributed by atoms with Crippen LogP contribution in [0.4, 0.5) is 4.39 Å². The Balaban J connectivity index is 1.26. The van der Waals surface area contributed by atoms with Crippen molar-refractivity contribution in [1.82, 2.24) is 20.1 Å². The Labute approximate surface area is 210 Å². The molecule has 2 aromatic carbocycles. The minimum atomic E-state index is -0.313. The second-order valence-corrected chi connectivity index (χ2v) is 10.1. The highest BCUT2D eigenvalue weighted by Gasteiger charge is 2.32. The van der Waals surface area contributed by atoms with Gasteiger partial charge in [0.2, 0.25) is 11.8 Å². The Kier molecular flexibility index (Phi) is 5.85. The molecule has 1 saturated heterocycles. The number of carbonyl (C=O) groups excluding carboxylic acids is 1. The number of furan rings is 1. The minimum absolute atomic E-state index is 0.0765. The van der Waals surface area contributed by atoms with Gasteiger partial charge in [-0.05, 0) is 62.1 Å². The fraction of sp³-hybridized carbons (Fsp3) is 0.259. The quantitative estimate of drug-likeness (QED) is 0.281. The molecule has 6 rings (SSSR count). The van der Waals surface area contributed by atoms with Gasteiger partial charge in [-0.25, -0.2) is 9.37 Å². The van der Waals surface area contributed by atoms with Gasteiger partial charge in [-0.1, -0.05) is 18.2 Å². The van der Waals surface area contributed by atoms with E-state index < -0.39 is 0 Å². The summed E-state index contributed by atoms with van der Waals surface area (Å²) in [4.78, 5) is 20.9. The first-order valence-corrected chi connectivity index (χ1v) is 12.7. The average Bonchev–Trinajstić information content (AvgIpc) is 3.64. The Morgan fingerprint density at radius 3 is 2.86 bits per heavy atom. The van der Waals surface area contributed by atoms with Crippen molar-refractivity contribution in [3.63, 3.8) is 0 Å². The van der Waals surface area contributed by atoms with Crippen LogP contribution in [-0.4, -0.2) is 38.6 Å². The molecule has 1 fully saturated rings. The van der Waals surface area contributed by atoms with E-state index in [0.29, 0.717) is 30.4 Å². The smallest absolute Gasteiger partial charge is 0.274 e. The van der Waals surface area contributed by atoms with E-state index >= 15 is 0 Å². The van der Waals surface area contributed by atoms with Crippen LogP contribution in [0.5, 0.6) is 0 Å². The first-order valence-electron chi connectivity index (χ1n) is 11.9. The second-order valence-electron chi connectivity index (χ2n) is 8.91. The molecule has 4 heterocycles. The first-order chi connectivity index (χ1) is 17.6. The Morgan fingerprint density at radius 2 is 2.00 bits per heavy atom. The zero-order chi connectivity index (χ0) is 24.6. The Hall–Kier alpha value is -3.85. The molecule has 0 unspecified atom stereocenters. The number of aromatic nitrogens is 3. The summed E-state index contributed by atoms with van der Waals surface area (Å²) in [6.07, 6.45) is 4.89. The van der Waals surface area contributed by atoms with Crippen molar-refractivity contribution >= 4 is 28.2 Å². The number of carbonyl (C=O) groups is 1. The van der Waals surface area contributed by atoms with E-state index in [9.17, 15) is 9.18 Å². The van der Waals surface area contributed by atoms with Crippen molar-refractivity contribution in [3.05, 3.63) is 77.2 Å². The maximum absolute atomic E-state index is 13.7. The number of fused-ring (bicyclic) bond motifs is 1. The lowest BCUT2D eigenvalue weighted by Gasteiger charge is -2.35. The van der Waals surface area contributed by atoms with Crippen LogP contribution in [0.1, 0.15) is 40.6 Å². The summed E-state index contributed by atoms with van der Waals surface area (Å²) in [5.41, 5.74) is 2.77. The number of aryl methyl sites for hydroxylation is 1. The molecule has 1 aliphatic heterocycles. The molecular weight excluding hydrogens is 479 g/mol. The molecule has 3 aromatic heterocycles. The van der Waals surface area contributed by atoms with Gasteiger partial charge in [0.1, 0.15) is 17.1 Å². The summed E-state index contributed by atoms with van der Waals surface area (Å²) in [7, 11) is 0. The molecule has 0 aliphatic carbocycles. The van der Waals surface area contributed by atoms with Crippen LogP contribution in [0.2, 0.25) is 0 Å². The van der Waals surface area contributed by atoms with Crippen LogP contribution in [0.15, 0.2) is 63.6 Å². The van der Waals surface area contributed by atoms with Crippen LogP contribution in [0.25, 0.3) is 32.9 Å². The van der Waals surface area contributed by atoms with Crippen LogP contribution in [0.3, 0.4) is 0 Å². The molecule has 0 N–H and O–H groups in total. The summed E-state index contributed by atoms with van der Waals surface area (Å²) in [5, 5.41) is 10.3. The number of hydrogen-bond donors (Lipinski definition) is 0. The average molecular weight is 503 g/mol. The number of thiazole rings is 1. The van der Waals surface area contributed by atoms with Crippen molar-refractivity contribution in [3.8, 4) is 21.9 Å². The van der Waals surface area contributed by atoms with Crippen LogP contribution >= 0.6 is 11.3 Å². The van der Waals surface area contributed by atoms with Gasteiger partial charge in [0.05, 0.1) is 16.1 Å². The minimum Gasteiger partial charge on any atom is -0.464 e. The van der Waals surface area contributed by atoms with Gasteiger partial charge >= 0.3 is 0 Å². The van der Waals surface area contributed by atoms with Crippen LogP contribution < -0.4 is 0 Å². The van der Waals surface area contributed by atoms with Crippen molar-refractivity contribution in [1.29, 1.82) is 0 Å². The molecule has 1 atom stereocenters. The first kappa shape index (κ1) is 22.6. The normalized spacial score (nSPS) is 16.1. The lowest BCUT2D eigenvalue weighted by Crippen LogP contribution is -2.45.